The number of carbonyl (C=O) groups is 1. The van der Waals surface area contributed by atoms with Gasteiger partial charge < -0.3 is 25.2 Å². The number of rotatable bonds is 14. The Hall–Kier alpha value is -2.78. The number of unbranched alkanes of at least 4 members (excludes halogenated alkanes) is 1. The van der Waals surface area contributed by atoms with Gasteiger partial charge in [0, 0.05) is 31.7 Å². The molecule has 1 amide bonds. The molecule has 0 bridgehead atoms. The smallest absolute Gasteiger partial charge is 0.257 e. The molecule has 1 aromatic carbocycles. The first-order valence-electron chi connectivity index (χ1n) is 16.2. The lowest BCUT2D eigenvalue weighted by Crippen LogP contribution is -2.41. The van der Waals surface area contributed by atoms with Gasteiger partial charge in [0.15, 0.2) is 11.6 Å². The number of piperidine rings is 1. The molecule has 1 saturated carbocycles. The minimum Gasteiger partial charge on any atom is -0.451 e. The van der Waals surface area contributed by atoms with E-state index in [2.05, 4.69) is 32.4 Å². The number of hydrogen-bond acceptors (Lipinski definition) is 7. The molecule has 1 aromatic heterocycles. The molecule has 0 unspecified atom stereocenters. The Labute approximate surface area is 251 Å². The third-order valence-electron chi connectivity index (χ3n) is 8.89. The number of ether oxygens (including phenoxy) is 1. The van der Waals surface area contributed by atoms with Gasteiger partial charge in [-0.1, -0.05) is 13.3 Å². The second-order valence-electron chi connectivity index (χ2n) is 12.3. The van der Waals surface area contributed by atoms with E-state index >= 15 is 0 Å². The summed E-state index contributed by atoms with van der Waals surface area (Å²) in [5.74, 6) is 1.92. The van der Waals surface area contributed by atoms with Gasteiger partial charge in [0.25, 0.3) is 5.91 Å². The first kappa shape index (κ1) is 32.1. The Morgan fingerprint density at radius 3 is 2.55 bits per heavy atom. The number of carbonyl (C=O) groups excluding carboxylic acids is 1. The van der Waals surface area contributed by atoms with Gasteiger partial charge in [0.1, 0.15) is 17.9 Å². The van der Waals surface area contributed by atoms with Gasteiger partial charge in [0.2, 0.25) is 0 Å². The van der Waals surface area contributed by atoms with E-state index in [9.17, 15) is 9.18 Å². The molecule has 232 valence electrons. The summed E-state index contributed by atoms with van der Waals surface area (Å²) in [6.07, 6.45) is 13.2. The molecule has 8 nitrogen and oxygen atoms in total. The molecule has 0 radical (unpaired) electrons. The molecule has 2 aromatic rings. The molecule has 9 heteroatoms. The van der Waals surface area contributed by atoms with Crippen LogP contribution in [-0.4, -0.2) is 77.0 Å². The van der Waals surface area contributed by atoms with Gasteiger partial charge in [-0.05, 0) is 115 Å². The van der Waals surface area contributed by atoms with Crippen molar-refractivity contribution < 1.29 is 13.9 Å². The third-order valence-corrected chi connectivity index (χ3v) is 8.89. The highest BCUT2D eigenvalue weighted by Gasteiger charge is 2.26. The maximum Gasteiger partial charge on any atom is 0.257 e. The number of benzene rings is 1. The van der Waals surface area contributed by atoms with Gasteiger partial charge in [0.05, 0.1) is 11.8 Å². The monoisotopic (exact) mass is 582 g/mol. The first-order chi connectivity index (χ1) is 20.4. The van der Waals surface area contributed by atoms with Crippen molar-refractivity contribution in [3.63, 3.8) is 0 Å². The lowest BCUT2D eigenvalue weighted by atomic mass is 9.85. The van der Waals surface area contributed by atoms with Crippen LogP contribution in [0.15, 0.2) is 30.7 Å². The summed E-state index contributed by atoms with van der Waals surface area (Å²) in [7, 11) is 0. The largest absolute Gasteiger partial charge is 0.451 e. The molecule has 42 heavy (non-hydrogen) atoms. The second kappa shape index (κ2) is 16.2. The van der Waals surface area contributed by atoms with Gasteiger partial charge in [-0.25, -0.2) is 14.4 Å². The Morgan fingerprint density at radius 1 is 1.10 bits per heavy atom. The van der Waals surface area contributed by atoms with Gasteiger partial charge >= 0.3 is 0 Å². The Morgan fingerprint density at radius 2 is 1.86 bits per heavy atom. The molecule has 2 heterocycles. The van der Waals surface area contributed by atoms with E-state index in [1.54, 1.807) is 11.1 Å². The first-order valence-corrected chi connectivity index (χ1v) is 16.2. The molecule has 1 aliphatic carbocycles. The van der Waals surface area contributed by atoms with E-state index in [-0.39, 0.29) is 23.3 Å². The van der Waals surface area contributed by atoms with Crippen LogP contribution in [0.2, 0.25) is 0 Å². The van der Waals surface area contributed by atoms with E-state index in [1.165, 1.54) is 76.1 Å². The van der Waals surface area contributed by atoms with Crippen LogP contribution in [0, 0.1) is 17.7 Å². The summed E-state index contributed by atoms with van der Waals surface area (Å²) in [5, 5.41) is 7.21. The van der Waals surface area contributed by atoms with Crippen molar-refractivity contribution in [2.45, 2.75) is 91.1 Å². The van der Waals surface area contributed by atoms with Crippen molar-refractivity contribution in [2.75, 3.05) is 44.6 Å². The predicted octanol–water partition coefficient (Wildman–Crippen LogP) is 6.35. The molecule has 2 fully saturated rings. The van der Waals surface area contributed by atoms with Crippen molar-refractivity contribution in [1.82, 2.24) is 25.1 Å². The van der Waals surface area contributed by atoms with E-state index in [0.717, 1.165) is 44.4 Å². The van der Waals surface area contributed by atoms with Crippen molar-refractivity contribution in [2.24, 2.45) is 11.8 Å². The fourth-order valence-electron chi connectivity index (χ4n) is 6.31. The number of likely N-dealkylation sites (tertiary alicyclic amines) is 1. The molecule has 0 atom stereocenters. The fraction of sp³-hybridized carbons (Fsp3) is 0.667. The molecule has 0 spiro atoms. The van der Waals surface area contributed by atoms with Crippen LogP contribution in [0.5, 0.6) is 11.5 Å². The minimum atomic E-state index is -0.480. The molecule has 4 rings (SSSR count). The zero-order chi connectivity index (χ0) is 29.9. The van der Waals surface area contributed by atoms with Crippen LogP contribution in [0.4, 0.5) is 10.2 Å². The third kappa shape index (κ3) is 9.11. The lowest BCUT2D eigenvalue weighted by molar-refractivity contribution is 0.0713. The zero-order valence-corrected chi connectivity index (χ0v) is 26.1. The van der Waals surface area contributed by atoms with Crippen molar-refractivity contribution in [1.29, 1.82) is 0 Å². The zero-order valence-electron chi connectivity index (χ0n) is 26.1. The average molecular weight is 583 g/mol. The minimum absolute atomic E-state index is 0.0186. The van der Waals surface area contributed by atoms with Crippen LogP contribution in [0.25, 0.3) is 0 Å². The number of nitrogens with one attached hydrogen (secondary N) is 2. The Bertz CT molecular complexity index is 1120. The number of halogens is 1. The normalized spacial score (nSPS) is 20.0. The highest BCUT2D eigenvalue weighted by Crippen LogP contribution is 2.32. The van der Waals surface area contributed by atoms with E-state index in [4.69, 9.17) is 4.74 Å². The molecule has 1 saturated heterocycles. The maximum absolute atomic E-state index is 14.2. The summed E-state index contributed by atoms with van der Waals surface area (Å²) in [6, 6.07) is 4.75. The number of nitrogens with zero attached hydrogens (tertiary/aromatic N) is 4. The Balaban J connectivity index is 1.27. The number of anilines is 1. The summed E-state index contributed by atoms with van der Waals surface area (Å²) in [6.45, 7) is 14.0. The summed E-state index contributed by atoms with van der Waals surface area (Å²) >= 11 is 0. The van der Waals surface area contributed by atoms with Gasteiger partial charge in [-0.15, -0.1) is 0 Å². The summed E-state index contributed by atoms with van der Waals surface area (Å²) < 4.78 is 20.3. The van der Waals surface area contributed by atoms with Crippen LogP contribution in [0.1, 0.15) is 89.4 Å². The van der Waals surface area contributed by atoms with Crippen molar-refractivity contribution >= 4 is 11.7 Å². The van der Waals surface area contributed by atoms with Gasteiger partial charge in [-0.2, -0.15) is 0 Å². The van der Waals surface area contributed by atoms with E-state index in [0.29, 0.717) is 24.0 Å². The summed E-state index contributed by atoms with van der Waals surface area (Å²) in [5.41, 5.74) is 0.189. The molecule has 2 aliphatic rings. The molecule has 1 aliphatic heterocycles. The summed E-state index contributed by atoms with van der Waals surface area (Å²) in [4.78, 5) is 26.1. The van der Waals surface area contributed by atoms with Gasteiger partial charge in [-0.3, -0.25) is 4.79 Å². The number of hydrogen-bond donors (Lipinski definition) is 2. The quantitative estimate of drug-likeness (QED) is 0.251. The SMILES string of the molecule is CCCCNC1CCC(CN2CCC(CNc3ncncc3Oc3ccc(F)cc3C(=O)N(CC)C(C)C)CC2)CC1. The number of aromatic nitrogens is 2. The van der Waals surface area contributed by atoms with Crippen LogP contribution in [0.3, 0.4) is 0 Å². The molecular formula is C33H51FN6O2. The van der Waals surface area contributed by atoms with Crippen LogP contribution < -0.4 is 15.4 Å². The predicted molar refractivity (Wildman–Crippen MR) is 167 cm³/mol. The maximum atomic E-state index is 14.2. The van der Waals surface area contributed by atoms with E-state index < -0.39 is 5.82 Å². The number of amides is 1. The van der Waals surface area contributed by atoms with Crippen molar-refractivity contribution in [3.05, 3.63) is 42.1 Å². The molecule has 2 N–H and O–H groups in total. The topological polar surface area (TPSA) is 82.6 Å². The molecular weight excluding hydrogens is 531 g/mol. The fourth-order valence-corrected chi connectivity index (χ4v) is 6.31. The standard InChI is InChI=1S/C33H51FN6O2/c1-5-7-16-36-28-11-8-26(9-12-28)22-39-17-14-25(15-18-39)20-37-32-31(21-35-23-38-32)42-30-13-10-27(34)19-29(30)33(41)40(6-2)24(3)4/h10,13,19,21,23-26,28,36H,5-9,11-12,14-18,20,22H2,1-4H3,(H,35,37,38). The van der Waals surface area contributed by atoms with E-state index in [1.807, 2.05) is 20.8 Å². The Kier molecular flexibility index (Phi) is 12.4. The van der Waals surface area contributed by atoms with Crippen LogP contribution in [-0.2, 0) is 0 Å². The second-order valence-corrected chi connectivity index (χ2v) is 12.3. The van der Waals surface area contributed by atoms with Crippen molar-refractivity contribution in [3.8, 4) is 11.5 Å². The highest BCUT2D eigenvalue weighted by molar-refractivity contribution is 5.97. The lowest BCUT2D eigenvalue weighted by Gasteiger charge is -2.37. The average Bonchev–Trinajstić information content (AvgIpc) is 2.99. The van der Waals surface area contributed by atoms with Crippen LogP contribution >= 0.6 is 0 Å². The highest BCUT2D eigenvalue weighted by atomic mass is 19.1.